The van der Waals surface area contributed by atoms with Crippen molar-refractivity contribution in [2.45, 2.75) is 13.8 Å². The molecule has 1 aromatic heterocycles. The van der Waals surface area contributed by atoms with Crippen LogP contribution in [0.5, 0.6) is 0 Å². The third-order valence-corrected chi connectivity index (χ3v) is 4.30. The Kier molecular flexibility index (Phi) is 4.72. The van der Waals surface area contributed by atoms with Crippen molar-refractivity contribution in [1.82, 2.24) is 0 Å². The van der Waals surface area contributed by atoms with E-state index < -0.39 is 0 Å². The molecule has 0 spiro atoms. The van der Waals surface area contributed by atoms with E-state index in [1.807, 2.05) is 19.9 Å². The van der Waals surface area contributed by atoms with E-state index in [0.29, 0.717) is 27.2 Å². The summed E-state index contributed by atoms with van der Waals surface area (Å²) in [4.78, 5) is 24.6. The summed E-state index contributed by atoms with van der Waals surface area (Å²) in [5.41, 5.74) is 3.04. The number of rotatable bonds is 3. The Morgan fingerprint density at radius 3 is 2.80 bits per heavy atom. The quantitative estimate of drug-likeness (QED) is 0.693. The molecule has 0 radical (unpaired) electrons. The number of benzene rings is 2. The second-order valence-corrected chi connectivity index (χ2v) is 6.16. The van der Waals surface area contributed by atoms with Crippen LogP contribution in [-0.2, 0) is 4.79 Å². The maximum absolute atomic E-state index is 12.5. The van der Waals surface area contributed by atoms with Crippen LogP contribution in [0.2, 0.25) is 5.02 Å². The minimum Gasteiger partial charge on any atom is -0.463 e. The molecular formula is C20H16ClNO3. The van der Waals surface area contributed by atoms with Crippen LogP contribution in [0.3, 0.4) is 0 Å². The predicted octanol–water partition coefficient (Wildman–Crippen LogP) is 4.72. The molecule has 0 fully saturated rings. The van der Waals surface area contributed by atoms with Gasteiger partial charge < -0.3 is 9.73 Å². The highest BCUT2D eigenvalue weighted by atomic mass is 35.5. The molecule has 4 nitrogen and oxygen atoms in total. The number of carbonyl (C=O) groups excluding carboxylic acids is 1. The fourth-order valence-corrected chi connectivity index (χ4v) is 2.63. The smallest absolute Gasteiger partial charge is 0.248 e. The molecule has 0 saturated carbocycles. The van der Waals surface area contributed by atoms with Crippen molar-refractivity contribution >= 4 is 40.2 Å². The van der Waals surface area contributed by atoms with Crippen molar-refractivity contribution in [3.8, 4) is 0 Å². The first kappa shape index (κ1) is 17.0. The second-order valence-electron chi connectivity index (χ2n) is 5.75. The highest BCUT2D eigenvalue weighted by Gasteiger charge is 2.07. The maximum Gasteiger partial charge on any atom is 0.248 e. The number of hydrogen-bond acceptors (Lipinski definition) is 3. The standard InChI is InChI=1S/C20H16ClNO3/c1-12-6-8-18-15(10-12)20(24)14(11-25-18)7-9-19(23)22-17-5-3-4-16(21)13(17)2/h3-11H,1-2H3,(H,22,23)/b9-7+. The first-order valence-electron chi connectivity index (χ1n) is 7.72. The molecule has 0 bridgehead atoms. The van der Waals surface area contributed by atoms with Gasteiger partial charge >= 0.3 is 0 Å². The van der Waals surface area contributed by atoms with Gasteiger partial charge in [0.05, 0.1) is 10.9 Å². The van der Waals surface area contributed by atoms with E-state index in [9.17, 15) is 9.59 Å². The summed E-state index contributed by atoms with van der Waals surface area (Å²) in [6, 6.07) is 10.7. The van der Waals surface area contributed by atoms with E-state index in [-0.39, 0.29) is 11.3 Å². The lowest BCUT2D eigenvalue weighted by molar-refractivity contribution is -0.111. The van der Waals surface area contributed by atoms with Gasteiger partial charge in [-0.1, -0.05) is 29.3 Å². The van der Waals surface area contributed by atoms with E-state index in [2.05, 4.69) is 5.32 Å². The fraction of sp³-hybridized carbons (Fsp3) is 0.100. The van der Waals surface area contributed by atoms with Crippen LogP contribution in [0.4, 0.5) is 5.69 Å². The van der Waals surface area contributed by atoms with Gasteiger partial charge in [0.2, 0.25) is 5.91 Å². The lowest BCUT2D eigenvalue weighted by Gasteiger charge is -2.07. The summed E-state index contributed by atoms with van der Waals surface area (Å²) in [6.45, 7) is 3.73. The Bertz CT molecular complexity index is 1050. The SMILES string of the molecule is Cc1ccc2occ(/C=C/C(=O)Nc3cccc(Cl)c3C)c(=O)c2c1. The lowest BCUT2D eigenvalue weighted by atomic mass is 10.1. The molecule has 1 heterocycles. The van der Waals surface area contributed by atoms with Crippen LogP contribution < -0.4 is 10.7 Å². The number of anilines is 1. The molecule has 3 aromatic rings. The average Bonchev–Trinajstić information content (AvgIpc) is 2.59. The summed E-state index contributed by atoms with van der Waals surface area (Å²) >= 11 is 6.04. The summed E-state index contributed by atoms with van der Waals surface area (Å²) in [7, 11) is 0. The highest BCUT2D eigenvalue weighted by Crippen LogP contribution is 2.23. The number of aryl methyl sites for hydroxylation is 1. The van der Waals surface area contributed by atoms with Crippen LogP contribution in [0.15, 0.2) is 57.9 Å². The zero-order chi connectivity index (χ0) is 18.0. The molecule has 0 aliphatic carbocycles. The van der Waals surface area contributed by atoms with Gasteiger partial charge in [0.1, 0.15) is 11.8 Å². The van der Waals surface area contributed by atoms with Gasteiger partial charge in [-0.3, -0.25) is 9.59 Å². The number of halogens is 1. The number of amides is 1. The van der Waals surface area contributed by atoms with Gasteiger partial charge in [-0.2, -0.15) is 0 Å². The van der Waals surface area contributed by atoms with Gasteiger partial charge in [0, 0.05) is 16.8 Å². The van der Waals surface area contributed by atoms with Gasteiger partial charge in [-0.15, -0.1) is 0 Å². The molecule has 5 heteroatoms. The number of fused-ring (bicyclic) bond motifs is 1. The summed E-state index contributed by atoms with van der Waals surface area (Å²) in [5.74, 6) is -0.353. The van der Waals surface area contributed by atoms with Crippen LogP contribution in [0, 0.1) is 13.8 Å². The molecule has 0 aliphatic rings. The van der Waals surface area contributed by atoms with E-state index in [4.69, 9.17) is 16.0 Å². The average molecular weight is 354 g/mol. The van der Waals surface area contributed by atoms with Crippen LogP contribution in [0.1, 0.15) is 16.7 Å². The first-order valence-corrected chi connectivity index (χ1v) is 8.10. The fourth-order valence-electron chi connectivity index (χ4n) is 2.46. The Hall–Kier alpha value is -2.85. The van der Waals surface area contributed by atoms with E-state index >= 15 is 0 Å². The van der Waals surface area contributed by atoms with Gasteiger partial charge in [0.15, 0.2) is 5.43 Å². The largest absolute Gasteiger partial charge is 0.463 e. The minimum absolute atomic E-state index is 0.173. The Morgan fingerprint density at radius 1 is 1.20 bits per heavy atom. The zero-order valence-electron chi connectivity index (χ0n) is 13.8. The Labute approximate surface area is 149 Å². The molecule has 0 saturated heterocycles. The van der Waals surface area contributed by atoms with E-state index in [0.717, 1.165) is 11.1 Å². The molecule has 25 heavy (non-hydrogen) atoms. The molecule has 2 aromatic carbocycles. The molecule has 1 N–H and O–H groups in total. The van der Waals surface area contributed by atoms with Crippen molar-refractivity contribution < 1.29 is 9.21 Å². The van der Waals surface area contributed by atoms with Crippen molar-refractivity contribution in [2.24, 2.45) is 0 Å². The van der Waals surface area contributed by atoms with Crippen LogP contribution in [-0.4, -0.2) is 5.91 Å². The maximum atomic E-state index is 12.5. The van der Waals surface area contributed by atoms with Crippen LogP contribution >= 0.6 is 11.6 Å². The predicted molar refractivity (Wildman–Crippen MR) is 101 cm³/mol. The molecular weight excluding hydrogens is 338 g/mol. The Balaban J connectivity index is 1.85. The number of hydrogen-bond donors (Lipinski definition) is 1. The van der Waals surface area contributed by atoms with Gasteiger partial charge in [0.25, 0.3) is 0 Å². The van der Waals surface area contributed by atoms with Crippen molar-refractivity contribution in [2.75, 3.05) is 5.32 Å². The summed E-state index contributed by atoms with van der Waals surface area (Å²) < 4.78 is 5.46. The summed E-state index contributed by atoms with van der Waals surface area (Å²) in [5, 5.41) is 3.81. The normalized spacial score (nSPS) is 11.2. The van der Waals surface area contributed by atoms with Crippen molar-refractivity contribution in [1.29, 1.82) is 0 Å². The van der Waals surface area contributed by atoms with Crippen molar-refractivity contribution in [3.63, 3.8) is 0 Å². The molecule has 0 unspecified atom stereocenters. The third kappa shape index (κ3) is 3.64. The van der Waals surface area contributed by atoms with E-state index in [1.165, 1.54) is 18.4 Å². The molecule has 126 valence electrons. The second kappa shape index (κ2) is 6.95. The third-order valence-electron chi connectivity index (χ3n) is 3.89. The Morgan fingerprint density at radius 2 is 2.00 bits per heavy atom. The number of carbonyl (C=O) groups is 1. The number of nitrogens with one attached hydrogen (secondary N) is 1. The van der Waals surface area contributed by atoms with Gasteiger partial charge in [-0.25, -0.2) is 0 Å². The summed E-state index contributed by atoms with van der Waals surface area (Å²) in [6.07, 6.45) is 4.10. The molecule has 3 rings (SSSR count). The molecule has 1 amide bonds. The van der Waals surface area contributed by atoms with Gasteiger partial charge in [-0.05, 0) is 49.8 Å². The lowest BCUT2D eigenvalue weighted by Crippen LogP contribution is -2.10. The minimum atomic E-state index is -0.353. The molecule has 0 atom stereocenters. The topological polar surface area (TPSA) is 59.3 Å². The van der Waals surface area contributed by atoms with E-state index in [1.54, 1.807) is 30.3 Å². The zero-order valence-corrected chi connectivity index (χ0v) is 14.6. The monoisotopic (exact) mass is 353 g/mol. The molecule has 0 aliphatic heterocycles. The highest BCUT2D eigenvalue weighted by molar-refractivity contribution is 6.31. The van der Waals surface area contributed by atoms with Crippen molar-refractivity contribution in [3.05, 3.63) is 80.7 Å². The van der Waals surface area contributed by atoms with Crippen LogP contribution in [0.25, 0.3) is 17.0 Å². The first-order chi connectivity index (χ1) is 12.0.